The van der Waals surface area contributed by atoms with Gasteiger partial charge >= 0.3 is 6.18 Å². The van der Waals surface area contributed by atoms with Gasteiger partial charge in [0.15, 0.2) is 0 Å². The smallest absolute Gasteiger partial charge is 0.166 e. The molecule has 0 aliphatic carbocycles. The van der Waals surface area contributed by atoms with Gasteiger partial charge in [-0.2, -0.15) is 13.2 Å². The average molecular weight is 252 g/mol. The minimum atomic E-state index is -4.31. The summed E-state index contributed by atoms with van der Waals surface area (Å²) in [6.45, 7) is 4.00. The Hall–Kier alpha value is -1.77. The van der Waals surface area contributed by atoms with E-state index in [1.807, 2.05) is 13.8 Å². The minimum Gasteiger partial charge on any atom is -0.166 e. The van der Waals surface area contributed by atoms with E-state index in [2.05, 4.69) is 0 Å². The fourth-order valence-electron chi connectivity index (χ4n) is 1.60. The van der Waals surface area contributed by atoms with Crippen LogP contribution in [-0.2, 0) is 6.18 Å². The number of alkyl halides is 3. The molecule has 2 aromatic rings. The van der Waals surface area contributed by atoms with E-state index in [-0.39, 0.29) is 5.56 Å². The molecule has 0 spiro atoms. The van der Waals surface area contributed by atoms with Crippen molar-refractivity contribution in [3.05, 3.63) is 60.2 Å². The molecular formula is C15H15F3. The maximum absolute atomic E-state index is 12.7. The van der Waals surface area contributed by atoms with Gasteiger partial charge in [0.1, 0.15) is 0 Å². The summed E-state index contributed by atoms with van der Waals surface area (Å²) in [6.07, 6.45) is -4.31. The van der Waals surface area contributed by atoms with E-state index in [1.165, 1.54) is 12.1 Å². The van der Waals surface area contributed by atoms with Crippen LogP contribution in [0.2, 0.25) is 0 Å². The highest BCUT2D eigenvalue weighted by Crippen LogP contribution is 2.36. The largest absolute Gasteiger partial charge is 0.417 e. The van der Waals surface area contributed by atoms with Gasteiger partial charge in [0.25, 0.3) is 0 Å². The maximum Gasteiger partial charge on any atom is 0.417 e. The van der Waals surface area contributed by atoms with Gasteiger partial charge in [-0.05, 0) is 17.2 Å². The number of hydrogen-bond donors (Lipinski definition) is 0. The molecule has 3 heteroatoms. The zero-order chi connectivity index (χ0) is 13.6. The molecule has 0 saturated heterocycles. The van der Waals surface area contributed by atoms with E-state index >= 15 is 0 Å². The van der Waals surface area contributed by atoms with Crippen molar-refractivity contribution in [3.8, 4) is 11.1 Å². The van der Waals surface area contributed by atoms with Crippen LogP contribution in [0.15, 0.2) is 54.6 Å². The molecule has 2 rings (SSSR count). The lowest BCUT2D eigenvalue weighted by atomic mass is 9.99. The first kappa shape index (κ1) is 14.3. The Morgan fingerprint density at radius 1 is 0.722 bits per heavy atom. The summed E-state index contributed by atoms with van der Waals surface area (Å²) in [7, 11) is 0. The van der Waals surface area contributed by atoms with Gasteiger partial charge in [0, 0.05) is 0 Å². The third kappa shape index (κ3) is 3.36. The molecule has 0 heterocycles. The Kier molecular flexibility index (Phi) is 4.95. The van der Waals surface area contributed by atoms with Crippen molar-refractivity contribution in [1.82, 2.24) is 0 Å². The molecule has 0 aromatic heterocycles. The van der Waals surface area contributed by atoms with Crippen LogP contribution in [0, 0.1) is 0 Å². The van der Waals surface area contributed by atoms with E-state index in [0.717, 1.165) is 6.07 Å². The zero-order valence-electron chi connectivity index (χ0n) is 10.3. The van der Waals surface area contributed by atoms with Gasteiger partial charge in [-0.25, -0.2) is 0 Å². The summed E-state index contributed by atoms with van der Waals surface area (Å²) in [5.74, 6) is 0. The van der Waals surface area contributed by atoms with E-state index in [1.54, 1.807) is 36.4 Å². The number of halogens is 3. The topological polar surface area (TPSA) is 0 Å². The first-order chi connectivity index (χ1) is 8.59. The molecule has 0 unspecified atom stereocenters. The van der Waals surface area contributed by atoms with Gasteiger partial charge in [-0.15, -0.1) is 0 Å². The molecule has 0 N–H and O–H groups in total. The van der Waals surface area contributed by atoms with Gasteiger partial charge in [0.05, 0.1) is 5.56 Å². The van der Waals surface area contributed by atoms with Crippen molar-refractivity contribution < 1.29 is 13.2 Å². The van der Waals surface area contributed by atoms with Crippen LogP contribution in [0.3, 0.4) is 0 Å². The van der Waals surface area contributed by atoms with Crippen LogP contribution >= 0.6 is 0 Å². The third-order valence-corrected chi connectivity index (χ3v) is 2.32. The van der Waals surface area contributed by atoms with Crippen LogP contribution in [0.4, 0.5) is 13.2 Å². The Balaban J connectivity index is 0.000000771. The Labute approximate surface area is 105 Å². The summed E-state index contributed by atoms with van der Waals surface area (Å²) in [5, 5.41) is 0. The lowest BCUT2D eigenvalue weighted by Crippen LogP contribution is -2.06. The lowest BCUT2D eigenvalue weighted by molar-refractivity contribution is -0.137. The second-order valence-electron chi connectivity index (χ2n) is 3.41. The van der Waals surface area contributed by atoms with Gasteiger partial charge in [-0.3, -0.25) is 0 Å². The molecule has 2 aromatic carbocycles. The monoisotopic (exact) mass is 252 g/mol. The first-order valence-electron chi connectivity index (χ1n) is 5.80. The molecule has 0 amide bonds. The van der Waals surface area contributed by atoms with Crippen LogP contribution in [0.5, 0.6) is 0 Å². The molecule has 0 atom stereocenters. The Morgan fingerprint density at radius 3 is 1.78 bits per heavy atom. The molecule has 0 saturated carbocycles. The number of rotatable bonds is 1. The molecule has 0 aliphatic rings. The Bertz CT molecular complexity index is 473. The SMILES string of the molecule is CC.FC(F)(F)c1ccccc1-c1ccccc1. The second-order valence-corrected chi connectivity index (χ2v) is 3.41. The van der Waals surface area contributed by atoms with Crippen LogP contribution in [0.25, 0.3) is 11.1 Å². The second kappa shape index (κ2) is 6.24. The quantitative estimate of drug-likeness (QED) is 0.637. The van der Waals surface area contributed by atoms with Crippen molar-refractivity contribution in [1.29, 1.82) is 0 Å². The highest BCUT2D eigenvalue weighted by molar-refractivity contribution is 5.67. The summed E-state index contributed by atoms with van der Waals surface area (Å²) in [5.41, 5.74) is 0.201. The molecule has 0 nitrogen and oxygen atoms in total. The normalized spacial score (nSPS) is 10.5. The summed E-state index contributed by atoms with van der Waals surface area (Å²) < 4.78 is 38.2. The van der Waals surface area contributed by atoms with Crippen molar-refractivity contribution in [2.24, 2.45) is 0 Å². The van der Waals surface area contributed by atoms with Gasteiger partial charge in [-0.1, -0.05) is 62.4 Å². The number of hydrogen-bond acceptors (Lipinski definition) is 0. The van der Waals surface area contributed by atoms with Crippen molar-refractivity contribution in [3.63, 3.8) is 0 Å². The van der Waals surface area contributed by atoms with E-state index in [0.29, 0.717) is 5.56 Å². The van der Waals surface area contributed by atoms with Crippen LogP contribution in [-0.4, -0.2) is 0 Å². The molecule has 0 bridgehead atoms. The Morgan fingerprint density at radius 2 is 1.22 bits per heavy atom. The van der Waals surface area contributed by atoms with E-state index in [4.69, 9.17) is 0 Å². The van der Waals surface area contributed by atoms with E-state index in [9.17, 15) is 13.2 Å². The predicted octanol–water partition coefficient (Wildman–Crippen LogP) is 5.40. The van der Waals surface area contributed by atoms with Crippen molar-refractivity contribution in [2.75, 3.05) is 0 Å². The molecule has 18 heavy (non-hydrogen) atoms. The highest BCUT2D eigenvalue weighted by atomic mass is 19.4. The van der Waals surface area contributed by atoms with Crippen LogP contribution < -0.4 is 0 Å². The van der Waals surface area contributed by atoms with Gasteiger partial charge < -0.3 is 0 Å². The summed E-state index contributed by atoms with van der Waals surface area (Å²) >= 11 is 0. The fraction of sp³-hybridized carbons (Fsp3) is 0.200. The average Bonchev–Trinajstić information content (AvgIpc) is 2.41. The van der Waals surface area contributed by atoms with Crippen molar-refractivity contribution in [2.45, 2.75) is 20.0 Å². The lowest BCUT2D eigenvalue weighted by Gasteiger charge is -2.12. The molecule has 0 aliphatic heterocycles. The van der Waals surface area contributed by atoms with Crippen LogP contribution in [0.1, 0.15) is 19.4 Å². The maximum atomic E-state index is 12.7. The highest BCUT2D eigenvalue weighted by Gasteiger charge is 2.33. The fourth-order valence-corrected chi connectivity index (χ4v) is 1.60. The number of benzene rings is 2. The molecule has 0 radical (unpaired) electrons. The minimum absolute atomic E-state index is 0.218. The predicted molar refractivity (Wildman–Crippen MR) is 68.2 cm³/mol. The molecular weight excluding hydrogens is 237 g/mol. The zero-order valence-corrected chi connectivity index (χ0v) is 10.3. The van der Waals surface area contributed by atoms with E-state index < -0.39 is 11.7 Å². The molecule has 0 fully saturated rings. The summed E-state index contributed by atoms with van der Waals surface area (Å²) in [6, 6.07) is 14.2. The third-order valence-electron chi connectivity index (χ3n) is 2.32. The first-order valence-corrected chi connectivity index (χ1v) is 5.80. The van der Waals surface area contributed by atoms with Crippen molar-refractivity contribution >= 4 is 0 Å². The van der Waals surface area contributed by atoms with Gasteiger partial charge in [0.2, 0.25) is 0 Å². The molecule has 96 valence electrons. The standard InChI is InChI=1S/C13H9F3.C2H6/c14-13(15,16)12-9-5-4-8-11(12)10-6-2-1-3-7-10;1-2/h1-9H;1-2H3. The summed E-state index contributed by atoms with van der Waals surface area (Å²) in [4.78, 5) is 0.